The van der Waals surface area contributed by atoms with Gasteiger partial charge in [-0.3, -0.25) is 4.79 Å². The summed E-state index contributed by atoms with van der Waals surface area (Å²) in [5, 5.41) is 5.21. The summed E-state index contributed by atoms with van der Waals surface area (Å²) in [5.74, 6) is 0.0182. The molecule has 0 aliphatic rings. The molecule has 0 aliphatic heterocycles. The van der Waals surface area contributed by atoms with E-state index in [1.54, 1.807) is 22.3 Å². The van der Waals surface area contributed by atoms with E-state index in [1.165, 1.54) is 4.88 Å². The number of thiazole rings is 1. The second kappa shape index (κ2) is 5.32. The van der Waals surface area contributed by atoms with Gasteiger partial charge in [0.2, 0.25) is 5.91 Å². The SMILES string of the molecule is Cc1nc(Cn2cnc(CC(N)=O)n2)sc1C(C)(C)C. The molecule has 0 unspecified atom stereocenters. The summed E-state index contributed by atoms with van der Waals surface area (Å²) in [7, 11) is 0. The fraction of sp³-hybridized carbons (Fsp3) is 0.538. The Bertz CT molecular complexity index is 623. The molecular weight excluding hydrogens is 274 g/mol. The summed E-state index contributed by atoms with van der Waals surface area (Å²) in [5.41, 5.74) is 6.28. The van der Waals surface area contributed by atoms with Crippen LogP contribution in [0.1, 0.15) is 42.2 Å². The Balaban J connectivity index is 2.14. The zero-order valence-corrected chi connectivity index (χ0v) is 13.0. The maximum atomic E-state index is 10.8. The molecule has 6 nitrogen and oxygen atoms in total. The molecule has 108 valence electrons. The number of nitrogens with two attached hydrogens (primary N) is 1. The minimum atomic E-state index is -0.428. The van der Waals surface area contributed by atoms with Gasteiger partial charge in [0, 0.05) is 4.88 Å². The van der Waals surface area contributed by atoms with E-state index in [0.29, 0.717) is 12.4 Å². The normalized spacial score (nSPS) is 11.8. The zero-order chi connectivity index (χ0) is 14.9. The maximum Gasteiger partial charge on any atom is 0.225 e. The molecule has 0 radical (unpaired) electrons. The average Bonchev–Trinajstić information content (AvgIpc) is 2.84. The summed E-state index contributed by atoms with van der Waals surface area (Å²) in [4.78, 5) is 20.7. The quantitative estimate of drug-likeness (QED) is 0.923. The molecule has 0 saturated heterocycles. The number of carbonyl (C=O) groups is 1. The van der Waals surface area contributed by atoms with Crippen molar-refractivity contribution < 1.29 is 4.79 Å². The molecular formula is C13H19N5OS. The third kappa shape index (κ3) is 3.41. The smallest absolute Gasteiger partial charge is 0.225 e. The van der Waals surface area contributed by atoms with Gasteiger partial charge in [-0.1, -0.05) is 20.8 Å². The maximum absolute atomic E-state index is 10.8. The fourth-order valence-electron chi connectivity index (χ4n) is 2.00. The van der Waals surface area contributed by atoms with E-state index in [1.807, 2.05) is 6.92 Å². The summed E-state index contributed by atoms with van der Waals surface area (Å²) < 4.78 is 1.68. The molecule has 2 aromatic rings. The molecule has 0 bridgehead atoms. The molecule has 0 saturated carbocycles. The molecule has 2 aromatic heterocycles. The Labute approximate surface area is 122 Å². The lowest BCUT2D eigenvalue weighted by atomic mass is 9.94. The van der Waals surface area contributed by atoms with E-state index >= 15 is 0 Å². The van der Waals surface area contributed by atoms with Crippen molar-refractivity contribution in [2.45, 2.75) is 46.1 Å². The topological polar surface area (TPSA) is 86.7 Å². The van der Waals surface area contributed by atoms with Crippen LogP contribution in [-0.4, -0.2) is 25.7 Å². The number of primary amides is 1. The van der Waals surface area contributed by atoms with Crippen LogP contribution in [0.5, 0.6) is 0 Å². The van der Waals surface area contributed by atoms with Gasteiger partial charge in [-0.05, 0) is 12.3 Å². The van der Waals surface area contributed by atoms with E-state index in [0.717, 1.165) is 10.7 Å². The first-order valence-corrected chi connectivity index (χ1v) is 7.21. The largest absolute Gasteiger partial charge is 0.369 e. The Morgan fingerprint density at radius 3 is 2.70 bits per heavy atom. The van der Waals surface area contributed by atoms with Crippen LogP contribution in [0.15, 0.2) is 6.33 Å². The Kier molecular flexibility index (Phi) is 3.89. The van der Waals surface area contributed by atoms with Crippen LogP contribution < -0.4 is 5.73 Å². The Morgan fingerprint density at radius 2 is 2.15 bits per heavy atom. The van der Waals surface area contributed by atoms with Gasteiger partial charge in [-0.25, -0.2) is 14.6 Å². The van der Waals surface area contributed by atoms with Crippen LogP contribution in [0.4, 0.5) is 0 Å². The number of aryl methyl sites for hydroxylation is 1. The highest BCUT2D eigenvalue weighted by molar-refractivity contribution is 7.11. The lowest BCUT2D eigenvalue weighted by molar-refractivity contribution is -0.117. The third-order valence-corrected chi connectivity index (χ3v) is 4.30. The number of amides is 1. The van der Waals surface area contributed by atoms with Gasteiger partial charge in [0.25, 0.3) is 0 Å². The molecule has 2 rings (SSSR count). The number of aromatic nitrogens is 4. The third-order valence-electron chi connectivity index (χ3n) is 2.74. The Morgan fingerprint density at radius 1 is 1.45 bits per heavy atom. The predicted octanol–water partition coefficient (Wildman–Crippen LogP) is 1.42. The van der Waals surface area contributed by atoms with Crippen molar-refractivity contribution in [2.24, 2.45) is 5.73 Å². The second-order valence-electron chi connectivity index (χ2n) is 5.77. The highest BCUT2D eigenvalue weighted by Crippen LogP contribution is 2.31. The molecule has 2 heterocycles. The summed E-state index contributed by atoms with van der Waals surface area (Å²) >= 11 is 1.69. The van der Waals surface area contributed by atoms with Gasteiger partial charge in [0.05, 0.1) is 18.7 Å². The van der Waals surface area contributed by atoms with Crippen molar-refractivity contribution in [1.29, 1.82) is 0 Å². The molecule has 0 atom stereocenters. The summed E-state index contributed by atoms with van der Waals surface area (Å²) in [6.45, 7) is 9.13. The van der Waals surface area contributed by atoms with Crippen molar-refractivity contribution in [3.63, 3.8) is 0 Å². The van der Waals surface area contributed by atoms with Crippen LogP contribution in [0, 0.1) is 6.92 Å². The molecule has 1 amide bonds. The number of rotatable bonds is 4. The van der Waals surface area contributed by atoms with E-state index in [-0.39, 0.29) is 11.8 Å². The minimum absolute atomic E-state index is 0.0666. The first-order valence-electron chi connectivity index (χ1n) is 6.39. The van der Waals surface area contributed by atoms with Gasteiger partial charge in [0.1, 0.15) is 11.3 Å². The van der Waals surface area contributed by atoms with Crippen LogP contribution in [0.3, 0.4) is 0 Å². The van der Waals surface area contributed by atoms with E-state index in [2.05, 4.69) is 35.8 Å². The minimum Gasteiger partial charge on any atom is -0.369 e. The molecule has 0 fully saturated rings. The lowest BCUT2D eigenvalue weighted by Gasteiger charge is -2.16. The van der Waals surface area contributed by atoms with Crippen molar-refractivity contribution in [3.8, 4) is 0 Å². The molecule has 0 spiro atoms. The highest BCUT2D eigenvalue weighted by Gasteiger charge is 2.21. The summed E-state index contributed by atoms with van der Waals surface area (Å²) in [6, 6.07) is 0. The van der Waals surface area contributed by atoms with Crippen LogP contribution in [-0.2, 0) is 23.2 Å². The van der Waals surface area contributed by atoms with E-state index in [4.69, 9.17) is 5.73 Å². The van der Waals surface area contributed by atoms with Crippen LogP contribution in [0.25, 0.3) is 0 Å². The van der Waals surface area contributed by atoms with Gasteiger partial charge in [-0.15, -0.1) is 11.3 Å². The summed E-state index contributed by atoms with van der Waals surface area (Å²) in [6.07, 6.45) is 1.67. The van der Waals surface area contributed by atoms with Gasteiger partial charge in [0.15, 0.2) is 5.82 Å². The molecule has 2 N–H and O–H groups in total. The van der Waals surface area contributed by atoms with Gasteiger partial charge >= 0.3 is 0 Å². The number of nitrogens with zero attached hydrogens (tertiary/aromatic N) is 4. The number of hydrogen-bond donors (Lipinski definition) is 1. The predicted molar refractivity (Wildman–Crippen MR) is 77.6 cm³/mol. The number of carbonyl (C=O) groups excluding carboxylic acids is 1. The van der Waals surface area contributed by atoms with Crippen LogP contribution >= 0.6 is 11.3 Å². The van der Waals surface area contributed by atoms with Gasteiger partial charge in [-0.2, -0.15) is 5.10 Å². The number of hydrogen-bond acceptors (Lipinski definition) is 5. The molecule has 20 heavy (non-hydrogen) atoms. The second-order valence-corrected chi connectivity index (χ2v) is 6.86. The van der Waals surface area contributed by atoms with Crippen molar-refractivity contribution in [3.05, 3.63) is 27.7 Å². The van der Waals surface area contributed by atoms with Crippen molar-refractivity contribution >= 4 is 17.2 Å². The van der Waals surface area contributed by atoms with Crippen molar-refractivity contribution in [1.82, 2.24) is 19.7 Å². The molecule has 7 heteroatoms. The van der Waals surface area contributed by atoms with Crippen molar-refractivity contribution in [2.75, 3.05) is 0 Å². The lowest BCUT2D eigenvalue weighted by Crippen LogP contribution is -2.15. The fourth-order valence-corrected chi connectivity index (χ4v) is 3.12. The van der Waals surface area contributed by atoms with Gasteiger partial charge < -0.3 is 5.73 Å². The molecule has 0 aliphatic carbocycles. The standard InChI is InChI=1S/C13H19N5OS/c1-8-12(13(2,3)4)20-11(16-8)6-18-7-15-10(17-18)5-9(14)19/h7H,5-6H2,1-4H3,(H2,14,19). The molecule has 0 aromatic carbocycles. The Hall–Kier alpha value is -1.76. The monoisotopic (exact) mass is 293 g/mol. The zero-order valence-electron chi connectivity index (χ0n) is 12.2. The highest BCUT2D eigenvalue weighted by atomic mass is 32.1. The average molecular weight is 293 g/mol. The first kappa shape index (κ1) is 14.6. The first-order chi connectivity index (χ1) is 9.25. The van der Waals surface area contributed by atoms with E-state index < -0.39 is 5.91 Å². The van der Waals surface area contributed by atoms with E-state index in [9.17, 15) is 4.79 Å². The van der Waals surface area contributed by atoms with Crippen LogP contribution in [0.2, 0.25) is 0 Å².